The number of rotatable bonds is 3. The lowest BCUT2D eigenvalue weighted by molar-refractivity contribution is 0.0644. The molecule has 0 aromatic carbocycles. The summed E-state index contributed by atoms with van der Waals surface area (Å²) < 4.78 is 4.66. The van der Waals surface area contributed by atoms with E-state index in [-0.39, 0.29) is 5.91 Å². The number of carbonyl (C=O) groups excluding carboxylic acids is 1. The summed E-state index contributed by atoms with van der Waals surface area (Å²) in [5, 5.41) is 3.64. The van der Waals surface area contributed by atoms with Gasteiger partial charge in [-0.2, -0.15) is 0 Å². The van der Waals surface area contributed by atoms with Gasteiger partial charge in [0.1, 0.15) is 6.26 Å². The van der Waals surface area contributed by atoms with Gasteiger partial charge in [0.05, 0.1) is 4.99 Å². The van der Waals surface area contributed by atoms with Crippen LogP contribution in [0.4, 0.5) is 0 Å². The second-order valence-corrected chi connectivity index (χ2v) is 4.44. The largest absolute Gasteiger partial charge is 0.392 e. The molecule has 0 atom stereocenters. The minimum absolute atomic E-state index is 0.0891. The number of amides is 1. The molecule has 1 fully saturated rings. The van der Waals surface area contributed by atoms with Crippen LogP contribution in [0, 0.1) is 0 Å². The lowest BCUT2D eigenvalue weighted by Gasteiger charge is -2.33. The van der Waals surface area contributed by atoms with Gasteiger partial charge in [0, 0.05) is 38.8 Å². The number of aromatic nitrogens is 1. The Balaban J connectivity index is 1.87. The molecule has 0 spiro atoms. The molecule has 1 aromatic rings. The molecule has 1 aromatic heterocycles. The summed E-state index contributed by atoms with van der Waals surface area (Å²) in [4.78, 5) is 16.3. The maximum atomic E-state index is 11.9. The molecule has 2 heterocycles. The molecule has 0 bridgehead atoms. The van der Waals surface area contributed by atoms with E-state index in [9.17, 15) is 4.79 Å². The van der Waals surface area contributed by atoms with E-state index in [1.54, 1.807) is 11.0 Å². The Morgan fingerprint density at radius 3 is 2.71 bits per heavy atom. The summed E-state index contributed by atoms with van der Waals surface area (Å²) in [6.45, 7) is 3.49. The molecular formula is C10H14N4O2S. The van der Waals surface area contributed by atoms with E-state index in [0.717, 1.165) is 13.1 Å². The third kappa shape index (κ3) is 3.01. The normalized spacial score (nSPS) is 17.1. The monoisotopic (exact) mass is 254 g/mol. The molecule has 0 unspecified atom stereocenters. The topological polar surface area (TPSA) is 75.6 Å². The Kier molecular flexibility index (Phi) is 3.70. The van der Waals surface area contributed by atoms with E-state index >= 15 is 0 Å². The van der Waals surface area contributed by atoms with Crippen LogP contribution in [0.3, 0.4) is 0 Å². The van der Waals surface area contributed by atoms with Crippen LogP contribution < -0.4 is 5.73 Å². The first-order valence-electron chi connectivity index (χ1n) is 5.37. The molecule has 1 amide bonds. The molecule has 1 aliphatic heterocycles. The second-order valence-electron chi connectivity index (χ2n) is 3.92. The highest BCUT2D eigenvalue weighted by molar-refractivity contribution is 7.80. The smallest absolute Gasteiger partial charge is 0.276 e. The second kappa shape index (κ2) is 5.24. The van der Waals surface area contributed by atoms with Gasteiger partial charge in [0.25, 0.3) is 5.91 Å². The van der Waals surface area contributed by atoms with E-state index in [0.29, 0.717) is 30.3 Å². The SMILES string of the molecule is NC(=S)CN1CCN(C(=O)c2ccon2)CC1. The molecule has 7 heteroatoms. The molecule has 17 heavy (non-hydrogen) atoms. The fraction of sp³-hybridized carbons (Fsp3) is 0.500. The van der Waals surface area contributed by atoms with Gasteiger partial charge >= 0.3 is 0 Å². The van der Waals surface area contributed by atoms with Crippen LogP contribution in [-0.4, -0.2) is 58.6 Å². The van der Waals surface area contributed by atoms with Gasteiger partial charge in [-0.3, -0.25) is 9.69 Å². The van der Waals surface area contributed by atoms with Gasteiger partial charge in [-0.15, -0.1) is 0 Å². The quantitative estimate of drug-likeness (QED) is 0.748. The van der Waals surface area contributed by atoms with Crippen LogP contribution in [0.1, 0.15) is 10.5 Å². The number of hydrogen-bond donors (Lipinski definition) is 1. The summed E-state index contributed by atoms with van der Waals surface area (Å²) in [7, 11) is 0. The van der Waals surface area contributed by atoms with Crippen molar-refractivity contribution < 1.29 is 9.32 Å². The fourth-order valence-corrected chi connectivity index (χ4v) is 2.00. The molecule has 0 aliphatic carbocycles. The van der Waals surface area contributed by atoms with E-state index in [1.165, 1.54) is 6.26 Å². The van der Waals surface area contributed by atoms with Crippen LogP contribution in [0.25, 0.3) is 0 Å². The van der Waals surface area contributed by atoms with Crippen molar-refractivity contribution in [3.63, 3.8) is 0 Å². The fourth-order valence-electron chi connectivity index (χ4n) is 1.81. The Morgan fingerprint density at radius 2 is 2.18 bits per heavy atom. The van der Waals surface area contributed by atoms with Crippen LogP contribution in [0.2, 0.25) is 0 Å². The average Bonchev–Trinajstić information content (AvgIpc) is 2.82. The Bertz CT molecular complexity index is 398. The van der Waals surface area contributed by atoms with Crippen molar-refractivity contribution in [2.75, 3.05) is 32.7 Å². The lowest BCUT2D eigenvalue weighted by Crippen LogP contribution is -2.50. The first-order chi connectivity index (χ1) is 8.16. The molecule has 1 aliphatic rings. The predicted octanol–water partition coefficient (Wildman–Crippen LogP) is -0.282. The number of piperazine rings is 1. The molecule has 6 nitrogen and oxygen atoms in total. The average molecular weight is 254 g/mol. The van der Waals surface area contributed by atoms with Crippen molar-refractivity contribution in [3.8, 4) is 0 Å². The molecule has 0 saturated carbocycles. The molecule has 92 valence electrons. The zero-order valence-corrected chi connectivity index (χ0v) is 10.2. The zero-order chi connectivity index (χ0) is 12.3. The maximum Gasteiger partial charge on any atom is 0.276 e. The van der Waals surface area contributed by atoms with Gasteiger partial charge in [0.15, 0.2) is 5.69 Å². The number of nitrogens with two attached hydrogens (primary N) is 1. The van der Waals surface area contributed by atoms with Crippen molar-refractivity contribution in [2.24, 2.45) is 5.73 Å². The van der Waals surface area contributed by atoms with Gasteiger partial charge in [0.2, 0.25) is 0 Å². The Hall–Kier alpha value is -1.47. The Morgan fingerprint density at radius 1 is 1.47 bits per heavy atom. The first-order valence-corrected chi connectivity index (χ1v) is 5.78. The van der Waals surface area contributed by atoms with Crippen molar-refractivity contribution in [2.45, 2.75) is 0 Å². The number of nitrogens with zero attached hydrogens (tertiary/aromatic N) is 3. The number of thiocarbonyl (C=S) groups is 1. The van der Waals surface area contributed by atoms with E-state index in [1.807, 2.05) is 0 Å². The highest BCUT2D eigenvalue weighted by Crippen LogP contribution is 2.06. The zero-order valence-electron chi connectivity index (χ0n) is 9.33. The van der Waals surface area contributed by atoms with Gasteiger partial charge in [-0.1, -0.05) is 17.4 Å². The molecule has 2 N–H and O–H groups in total. The number of carbonyl (C=O) groups is 1. The third-order valence-corrected chi connectivity index (χ3v) is 2.82. The molecule has 2 rings (SSSR count). The van der Waals surface area contributed by atoms with Crippen LogP contribution >= 0.6 is 12.2 Å². The van der Waals surface area contributed by atoms with E-state index < -0.39 is 0 Å². The van der Waals surface area contributed by atoms with Crippen molar-refractivity contribution >= 4 is 23.1 Å². The van der Waals surface area contributed by atoms with E-state index in [2.05, 4.69) is 14.6 Å². The number of hydrogen-bond acceptors (Lipinski definition) is 5. The van der Waals surface area contributed by atoms with Gasteiger partial charge in [-0.05, 0) is 0 Å². The highest BCUT2D eigenvalue weighted by atomic mass is 32.1. The summed E-state index contributed by atoms with van der Waals surface area (Å²) in [6, 6.07) is 1.57. The van der Waals surface area contributed by atoms with Crippen molar-refractivity contribution in [3.05, 3.63) is 18.0 Å². The molecule has 1 saturated heterocycles. The summed E-state index contributed by atoms with van der Waals surface area (Å²) >= 11 is 4.86. The van der Waals surface area contributed by atoms with Crippen LogP contribution in [-0.2, 0) is 0 Å². The van der Waals surface area contributed by atoms with Crippen molar-refractivity contribution in [1.29, 1.82) is 0 Å². The molecule has 0 radical (unpaired) electrons. The standard InChI is InChI=1S/C10H14N4O2S/c11-9(17)7-13-2-4-14(5-3-13)10(15)8-1-6-16-12-8/h1,6H,2-5,7H2,(H2,11,17). The minimum Gasteiger partial charge on any atom is -0.392 e. The predicted molar refractivity (Wildman–Crippen MR) is 65.6 cm³/mol. The minimum atomic E-state index is -0.0891. The van der Waals surface area contributed by atoms with E-state index in [4.69, 9.17) is 18.0 Å². The van der Waals surface area contributed by atoms with Gasteiger partial charge in [-0.25, -0.2) is 0 Å². The van der Waals surface area contributed by atoms with Gasteiger partial charge < -0.3 is 15.2 Å². The maximum absolute atomic E-state index is 11.9. The summed E-state index contributed by atoms with van der Waals surface area (Å²) in [5.74, 6) is -0.0891. The van der Waals surface area contributed by atoms with Crippen molar-refractivity contribution in [1.82, 2.24) is 15.0 Å². The summed E-state index contributed by atoms with van der Waals surface area (Å²) in [6.07, 6.45) is 1.40. The summed E-state index contributed by atoms with van der Waals surface area (Å²) in [5.41, 5.74) is 5.84. The van der Waals surface area contributed by atoms with Crippen LogP contribution in [0.15, 0.2) is 16.9 Å². The highest BCUT2D eigenvalue weighted by Gasteiger charge is 2.23. The third-order valence-electron chi connectivity index (χ3n) is 2.70. The Labute approximate surface area is 104 Å². The first kappa shape index (κ1) is 12.0. The van der Waals surface area contributed by atoms with Crippen LogP contribution in [0.5, 0.6) is 0 Å². The lowest BCUT2D eigenvalue weighted by atomic mass is 10.3. The molecular weight excluding hydrogens is 240 g/mol.